The molecule has 2 aromatic carbocycles. The highest BCUT2D eigenvalue weighted by molar-refractivity contribution is 6.34. The number of ether oxygens (including phenoxy) is 1. The Labute approximate surface area is 195 Å². The third-order valence-electron chi connectivity index (χ3n) is 5.55. The van der Waals surface area contributed by atoms with Crippen molar-refractivity contribution in [2.75, 3.05) is 6.61 Å². The molecule has 1 heterocycles. The van der Waals surface area contributed by atoms with Gasteiger partial charge in [-0.3, -0.25) is 9.89 Å². The molecule has 1 unspecified atom stereocenters. The van der Waals surface area contributed by atoms with Crippen molar-refractivity contribution in [1.29, 1.82) is 0 Å². The molecule has 1 aliphatic carbocycles. The van der Waals surface area contributed by atoms with Gasteiger partial charge in [0.1, 0.15) is 11.6 Å². The molecular formula is C23H17ClF4N2O4. The smallest absolute Gasteiger partial charge is 0.422 e. The number of aromatic nitrogens is 2. The minimum Gasteiger partial charge on any atom is -0.483 e. The maximum absolute atomic E-state index is 14.8. The van der Waals surface area contributed by atoms with Gasteiger partial charge in [0.05, 0.1) is 27.8 Å². The largest absolute Gasteiger partial charge is 0.483 e. The van der Waals surface area contributed by atoms with Crippen molar-refractivity contribution in [1.82, 2.24) is 10.2 Å². The van der Waals surface area contributed by atoms with E-state index in [1.807, 2.05) is 0 Å². The number of fused-ring (bicyclic) bond motifs is 1. The van der Waals surface area contributed by atoms with E-state index in [2.05, 4.69) is 10.2 Å². The monoisotopic (exact) mass is 496 g/mol. The molecule has 1 aromatic heterocycles. The lowest BCUT2D eigenvalue weighted by molar-refractivity contribution is -0.153. The number of Topliss-reactive ketones (excluding diaryl/α,β-unsaturated/α-hetero) is 1. The zero-order valence-electron chi connectivity index (χ0n) is 17.4. The van der Waals surface area contributed by atoms with Crippen LogP contribution in [0.3, 0.4) is 0 Å². The Bertz CT molecular complexity index is 1270. The van der Waals surface area contributed by atoms with Gasteiger partial charge in [0.2, 0.25) is 0 Å². The molecule has 178 valence electrons. The lowest BCUT2D eigenvalue weighted by atomic mass is 9.79. The average Bonchev–Trinajstić information content (AvgIpc) is 3.20. The van der Waals surface area contributed by atoms with Crippen LogP contribution in [0.1, 0.15) is 50.7 Å². The molecule has 0 amide bonds. The summed E-state index contributed by atoms with van der Waals surface area (Å²) in [5, 5.41) is 16.0. The first-order chi connectivity index (χ1) is 16.1. The fraction of sp³-hybridized carbons (Fsp3) is 0.261. The van der Waals surface area contributed by atoms with Crippen LogP contribution < -0.4 is 4.74 Å². The third-order valence-corrected chi connectivity index (χ3v) is 5.87. The first-order valence-electron chi connectivity index (χ1n) is 10.2. The number of alkyl halides is 3. The number of carbonyl (C=O) groups is 2. The van der Waals surface area contributed by atoms with Gasteiger partial charge in [-0.2, -0.15) is 18.3 Å². The van der Waals surface area contributed by atoms with E-state index in [9.17, 15) is 27.2 Å². The number of aromatic carboxylic acids is 1. The molecular weight excluding hydrogens is 480 g/mol. The highest BCUT2D eigenvalue weighted by atomic mass is 35.5. The van der Waals surface area contributed by atoms with Crippen LogP contribution in [0.25, 0.3) is 11.3 Å². The van der Waals surface area contributed by atoms with Gasteiger partial charge in [-0.15, -0.1) is 0 Å². The molecule has 0 saturated carbocycles. The number of nitrogens with zero attached hydrogens (tertiary/aromatic N) is 1. The number of nitrogens with one attached hydrogen (secondary N) is 1. The fourth-order valence-corrected chi connectivity index (χ4v) is 4.34. The van der Waals surface area contributed by atoms with E-state index in [-0.39, 0.29) is 33.2 Å². The van der Waals surface area contributed by atoms with Crippen molar-refractivity contribution in [2.24, 2.45) is 0 Å². The van der Waals surface area contributed by atoms with Gasteiger partial charge in [-0.05, 0) is 49.6 Å². The topological polar surface area (TPSA) is 92.3 Å². The molecule has 0 aliphatic heterocycles. The van der Waals surface area contributed by atoms with Crippen molar-refractivity contribution >= 4 is 23.4 Å². The average molecular weight is 497 g/mol. The molecule has 6 nitrogen and oxygen atoms in total. The SMILES string of the molecule is O=C(O)c1ccc(-c2n[nH]c3c2C(C(=O)c2c(Cl)cccc2OCC(F)(F)F)CCC3)c(F)c1. The maximum atomic E-state index is 14.8. The number of carboxylic acid groups (broad SMARTS) is 1. The Morgan fingerprint density at radius 3 is 2.68 bits per heavy atom. The van der Waals surface area contributed by atoms with E-state index < -0.39 is 36.3 Å². The number of aromatic amines is 1. The van der Waals surface area contributed by atoms with Gasteiger partial charge >= 0.3 is 12.1 Å². The van der Waals surface area contributed by atoms with Crippen LogP contribution in [0.15, 0.2) is 36.4 Å². The molecule has 0 radical (unpaired) electrons. The number of carbonyl (C=O) groups excluding carboxylic acids is 1. The molecule has 11 heteroatoms. The van der Waals surface area contributed by atoms with E-state index in [0.717, 1.165) is 6.07 Å². The van der Waals surface area contributed by atoms with Crippen molar-refractivity contribution in [3.05, 3.63) is 69.6 Å². The van der Waals surface area contributed by atoms with Crippen molar-refractivity contribution in [3.8, 4) is 17.0 Å². The van der Waals surface area contributed by atoms with Crippen LogP contribution in [0, 0.1) is 5.82 Å². The standard InChI is InChI=1S/C23H17ClF4N2O4/c24-14-4-2-6-17(34-10-23(26,27)28)19(14)21(31)13-3-1-5-16-18(13)20(30-29-16)12-8-7-11(22(32)33)9-15(12)25/h2,4,6-9,13H,1,3,5,10H2,(H,29,30)(H,32,33). The van der Waals surface area contributed by atoms with E-state index >= 15 is 0 Å². The summed E-state index contributed by atoms with van der Waals surface area (Å²) in [6.07, 6.45) is -3.18. The Morgan fingerprint density at radius 2 is 2.00 bits per heavy atom. The van der Waals surface area contributed by atoms with Gasteiger partial charge in [-0.1, -0.05) is 17.7 Å². The zero-order chi connectivity index (χ0) is 24.6. The lowest BCUT2D eigenvalue weighted by Gasteiger charge is -2.24. The second-order valence-electron chi connectivity index (χ2n) is 7.79. The number of H-pyrrole nitrogens is 1. The Kier molecular flexibility index (Phi) is 6.35. The minimum absolute atomic E-state index is 0.00472. The number of ketones is 1. The summed E-state index contributed by atoms with van der Waals surface area (Å²) in [6.45, 7) is -1.60. The molecule has 4 rings (SSSR count). The molecule has 0 spiro atoms. The molecule has 0 fully saturated rings. The number of halogens is 5. The van der Waals surface area contributed by atoms with Crippen LogP contribution in [-0.4, -0.2) is 39.8 Å². The van der Waals surface area contributed by atoms with Gasteiger partial charge < -0.3 is 9.84 Å². The summed E-state index contributed by atoms with van der Waals surface area (Å²) in [7, 11) is 0. The summed E-state index contributed by atoms with van der Waals surface area (Å²) in [6, 6.07) is 7.32. The van der Waals surface area contributed by atoms with Crippen LogP contribution in [0.4, 0.5) is 17.6 Å². The van der Waals surface area contributed by atoms with Crippen LogP contribution >= 0.6 is 11.6 Å². The minimum atomic E-state index is -4.61. The predicted molar refractivity (Wildman–Crippen MR) is 114 cm³/mol. The van der Waals surface area contributed by atoms with Crippen LogP contribution in [0.2, 0.25) is 5.02 Å². The normalized spacial score (nSPS) is 15.6. The second kappa shape index (κ2) is 9.09. The summed E-state index contributed by atoms with van der Waals surface area (Å²) in [5.74, 6) is -3.88. The van der Waals surface area contributed by atoms with E-state index in [4.69, 9.17) is 21.4 Å². The first-order valence-corrected chi connectivity index (χ1v) is 10.6. The van der Waals surface area contributed by atoms with Gasteiger partial charge in [0.15, 0.2) is 12.4 Å². The van der Waals surface area contributed by atoms with Crippen molar-refractivity contribution in [3.63, 3.8) is 0 Å². The second-order valence-corrected chi connectivity index (χ2v) is 8.20. The lowest BCUT2D eigenvalue weighted by Crippen LogP contribution is -2.23. The number of carboxylic acids is 1. The number of hydrogen-bond acceptors (Lipinski definition) is 4. The number of benzene rings is 2. The third kappa shape index (κ3) is 4.63. The number of aryl methyl sites for hydroxylation is 1. The molecule has 34 heavy (non-hydrogen) atoms. The summed E-state index contributed by atoms with van der Waals surface area (Å²) >= 11 is 6.20. The Balaban J connectivity index is 1.76. The van der Waals surface area contributed by atoms with Gasteiger partial charge in [0, 0.05) is 16.8 Å². The Hall–Kier alpha value is -3.40. The van der Waals surface area contributed by atoms with Crippen LogP contribution in [-0.2, 0) is 6.42 Å². The van der Waals surface area contributed by atoms with Gasteiger partial charge in [0.25, 0.3) is 0 Å². The van der Waals surface area contributed by atoms with Crippen LogP contribution in [0.5, 0.6) is 5.75 Å². The van der Waals surface area contributed by atoms with E-state index in [0.29, 0.717) is 30.5 Å². The first kappa shape index (κ1) is 23.7. The molecule has 1 atom stereocenters. The molecule has 3 aromatic rings. The summed E-state index contributed by atoms with van der Waals surface area (Å²) < 4.78 is 57.8. The quantitative estimate of drug-likeness (QED) is 0.332. The zero-order valence-corrected chi connectivity index (χ0v) is 18.1. The summed E-state index contributed by atoms with van der Waals surface area (Å²) in [5.41, 5.74) is 0.675. The predicted octanol–water partition coefficient (Wildman–Crippen LogP) is 5.81. The van der Waals surface area contributed by atoms with Crippen molar-refractivity contribution in [2.45, 2.75) is 31.4 Å². The highest BCUT2D eigenvalue weighted by Crippen LogP contribution is 2.42. The maximum Gasteiger partial charge on any atom is 0.422 e. The molecule has 1 aliphatic rings. The number of rotatable bonds is 6. The fourth-order valence-electron chi connectivity index (χ4n) is 4.09. The van der Waals surface area contributed by atoms with E-state index in [1.54, 1.807) is 0 Å². The summed E-state index contributed by atoms with van der Waals surface area (Å²) in [4.78, 5) is 24.7. The highest BCUT2D eigenvalue weighted by Gasteiger charge is 2.36. The molecule has 0 bridgehead atoms. The van der Waals surface area contributed by atoms with E-state index in [1.165, 1.54) is 30.3 Å². The van der Waals surface area contributed by atoms with Crippen molar-refractivity contribution < 1.29 is 37.0 Å². The number of hydrogen-bond donors (Lipinski definition) is 2. The molecule has 0 saturated heterocycles. The van der Waals surface area contributed by atoms with Gasteiger partial charge in [-0.25, -0.2) is 9.18 Å². The Morgan fingerprint density at radius 1 is 1.24 bits per heavy atom. The molecule has 2 N–H and O–H groups in total.